The first kappa shape index (κ1) is 23.8. The number of ether oxygens (including phenoxy) is 1. The number of nitrogens with zero attached hydrogens (tertiary/aromatic N) is 4. The van der Waals surface area contributed by atoms with Crippen molar-refractivity contribution in [3.8, 4) is 11.3 Å². The number of benzene rings is 2. The second kappa shape index (κ2) is 11.2. The largest absolute Gasteiger partial charge is 0.443 e. The van der Waals surface area contributed by atoms with Crippen LogP contribution in [0.15, 0.2) is 54.6 Å². The fraction of sp³-hybridized carbons (Fsp3) is 0.444. The van der Waals surface area contributed by atoms with E-state index < -0.39 is 0 Å². The van der Waals surface area contributed by atoms with E-state index in [0.29, 0.717) is 12.6 Å². The van der Waals surface area contributed by atoms with Crippen LogP contribution in [-0.4, -0.2) is 39.1 Å². The predicted molar refractivity (Wildman–Crippen MR) is 134 cm³/mol. The zero-order chi connectivity index (χ0) is 23.9. The van der Waals surface area contributed by atoms with Gasteiger partial charge in [0, 0.05) is 37.9 Å². The van der Waals surface area contributed by atoms with Crippen LogP contribution in [-0.2, 0) is 24.9 Å². The average Bonchev–Trinajstić information content (AvgIpc) is 3.23. The average molecular weight is 462 g/mol. The number of aromatic nitrogens is 3. The first-order valence-electron chi connectivity index (χ1n) is 12.2. The standard InChI is InChI=1S/C27H35N5O2/c1-4-20-11-8-12-24(17-20)28-23-15-13-22(14-16-23)26-25(32(3)30-29-26)19-34-27(33)31(2)18-21-9-6-5-7-10-21/h5-7,9-10,13-16,20,24,28H,4,8,11-12,17-19H2,1-3H3. The van der Waals surface area contributed by atoms with Gasteiger partial charge in [-0.15, -0.1) is 5.10 Å². The van der Waals surface area contributed by atoms with Gasteiger partial charge in [0.2, 0.25) is 0 Å². The van der Waals surface area contributed by atoms with Crippen molar-refractivity contribution in [1.82, 2.24) is 19.9 Å². The van der Waals surface area contributed by atoms with E-state index >= 15 is 0 Å². The summed E-state index contributed by atoms with van der Waals surface area (Å²) in [5.74, 6) is 0.835. The maximum atomic E-state index is 12.5. The van der Waals surface area contributed by atoms with E-state index in [2.05, 4.69) is 46.8 Å². The highest BCUT2D eigenvalue weighted by Crippen LogP contribution is 2.29. The van der Waals surface area contributed by atoms with Crippen molar-refractivity contribution in [3.05, 3.63) is 65.9 Å². The molecule has 0 aliphatic heterocycles. The monoisotopic (exact) mass is 461 g/mol. The Bertz CT molecular complexity index is 1060. The van der Waals surface area contributed by atoms with Gasteiger partial charge in [-0.25, -0.2) is 9.48 Å². The molecule has 7 heteroatoms. The van der Waals surface area contributed by atoms with Gasteiger partial charge in [0.05, 0.1) is 0 Å². The van der Waals surface area contributed by atoms with Crippen LogP contribution in [0.4, 0.5) is 10.5 Å². The molecule has 1 saturated carbocycles. The second-order valence-corrected chi connectivity index (χ2v) is 9.26. The van der Waals surface area contributed by atoms with Gasteiger partial charge in [0.15, 0.2) is 0 Å². The maximum Gasteiger partial charge on any atom is 0.410 e. The lowest BCUT2D eigenvalue weighted by Crippen LogP contribution is -2.27. The highest BCUT2D eigenvalue weighted by Gasteiger charge is 2.21. The smallest absolute Gasteiger partial charge is 0.410 e. The van der Waals surface area contributed by atoms with E-state index in [-0.39, 0.29) is 12.7 Å². The van der Waals surface area contributed by atoms with Crippen LogP contribution in [0.3, 0.4) is 0 Å². The SMILES string of the molecule is CCC1CCCC(Nc2ccc(-c3nnn(C)c3COC(=O)N(C)Cc3ccccc3)cc2)C1. The van der Waals surface area contributed by atoms with Gasteiger partial charge in [-0.1, -0.05) is 73.9 Å². The third-order valence-corrected chi connectivity index (χ3v) is 6.74. The number of rotatable bonds is 8. The minimum absolute atomic E-state index is 0.108. The number of carbonyl (C=O) groups is 1. The molecule has 0 radical (unpaired) electrons. The zero-order valence-corrected chi connectivity index (χ0v) is 20.4. The summed E-state index contributed by atoms with van der Waals surface area (Å²) >= 11 is 0. The van der Waals surface area contributed by atoms with Gasteiger partial charge in [0.1, 0.15) is 18.0 Å². The molecule has 0 bridgehead atoms. The number of amides is 1. The summed E-state index contributed by atoms with van der Waals surface area (Å²) in [5, 5.41) is 12.2. The fourth-order valence-electron chi connectivity index (χ4n) is 4.68. The zero-order valence-electron chi connectivity index (χ0n) is 20.4. The van der Waals surface area contributed by atoms with E-state index in [1.54, 1.807) is 16.6 Å². The third kappa shape index (κ3) is 5.95. The van der Waals surface area contributed by atoms with Crippen LogP contribution in [0.5, 0.6) is 0 Å². The molecule has 2 atom stereocenters. The van der Waals surface area contributed by atoms with Crippen molar-refractivity contribution in [1.29, 1.82) is 0 Å². The summed E-state index contributed by atoms with van der Waals surface area (Å²) in [6.45, 7) is 2.89. The Balaban J connectivity index is 1.37. The molecular weight excluding hydrogens is 426 g/mol. The van der Waals surface area contributed by atoms with E-state index in [1.807, 2.05) is 37.4 Å². The van der Waals surface area contributed by atoms with Crippen LogP contribution in [0.25, 0.3) is 11.3 Å². The van der Waals surface area contributed by atoms with Crippen molar-refractivity contribution in [2.75, 3.05) is 12.4 Å². The van der Waals surface area contributed by atoms with Crippen LogP contribution < -0.4 is 5.32 Å². The highest BCUT2D eigenvalue weighted by molar-refractivity contribution is 5.68. The Hall–Kier alpha value is -3.35. The number of anilines is 1. The van der Waals surface area contributed by atoms with E-state index in [0.717, 1.165) is 34.1 Å². The lowest BCUT2D eigenvalue weighted by Gasteiger charge is -2.29. The number of hydrogen-bond acceptors (Lipinski definition) is 5. The van der Waals surface area contributed by atoms with Crippen LogP contribution in [0.1, 0.15) is 50.3 Å². The summed E-state index contributed by atoms with van der Waals surface area (Å²) in [6.07, 6.45) is 6.02. The lowest BCUT2D eigenvalue weighted by atomic mass is 9.84. The van der Waals surface area contributed by atoms with Crippen molar-refractivity contribution in [2.24, 2.45) is 13.0 Å². The molecule has 1 aliphatic rings. The van der Waals surface area contributed by atoms with Crippen molar-refractivity contribution < 1.29 is 9.53 Å². The summed E-state index contributed by atoms with van der Waals surface area (Å²) in [6, 6.07) is 18.7. The normalized spacial score (nSPS) is 17.9. The summed E-state index contributed by atoms with van der Waals surface area (Å²) in [5.41, 5.74) is 4.64. The molecule has 0 spiro atoms. The van der Waals surface area contributed by atoms with Gasteiger partial charge < -0.3 is 15.0 Å². The molecule has 1 heterocycles. The molecule has 180 valence electrons. The first-order chi connectivity index (χ1) is 16.5. The maximum absolute atomic E-state index is 12.5. The fourth-order valence-corrected chi connectivity index (χ4v) is 4.68. The Morgan fingerprint density at radius 1 is 1.15 bits per heavy atom. The predicted octanol–water partition coefficient (Wildman–Crippen LogP) is 5.63. The van der Waals surface area contributed by atoms with Crippen LogP contribution in [0, 0.1) is 5.92 Å². The first-order valence-corrected chi connectivity index (χ1v) is 12.2. The quantitative estimate of drug-likeness (QED) is 0.471. The third-order valence-electron chi connectivity index (χ3n) is 6.74. The van der Waals surface area contributed by atoms with Gasteiger partial charge in [-0.2, -0.15) is 0 Å². The van der Waals surface area contributed by atoms with Gasteiger partial charge >= 0.3 is 6.09 Å². The number of carbonyl (C=O) groups excluding carboxylic acids is 1. The molecule has 4 rings (SSSR count). The number of aryl methyl sites for hydroxylation is 1. The molecule has 2 unspecified atom stereocenters. The summed E-state index contributed by atoms with van der Waals surface area (Å²) in [4.78, 5) is 14.1. The Morgan fingerprint density at radius 2 is 1.91 bits per heavy atom. The lowest BCUT2D eigenvalue weighted by molar-refractivity contribution is 0.101. The summed E-state index contributed by atoms with van der Waals surface area (Å²) < 4.78 is 7.25. The van der Waals surface area contributed by atoms with Crippen molar-refractivity contribution in [2.45, 2.75) is 58.2 Å². The van der Waals surface area contributed by atoms with Gasteiger partial charge in [-0.05, 0) is 36.5 Å². The van der Waals surface area contributed by atoms with Crippen molar-refractivity contribution in [3.63, 3.8) is 0 Å². The molecule has 1 N–H and O–H groups in total. The highest BCUT2D eigenvalue weighted by atomic mass is 16.6. The molecule has 3 aromatic rings. The Labute approximate surface area is 202 Å². The summed E-state index contributed by atoms with van der Waals surface area (Å²) in [7, 11) is 3.55. The van der Waals surface area contributed by atoms with E-state index in [9.17, 15) is 4.79 Å². The minimum Gasteiger partial charge on any atom is -0.443 e. The molecule has 1 amide bonds. The second-order valence-electron chi connectivity index (χ2n) is 9.26. The number of nitrogens with one attached hydrogen (secondary N) is 1. The topological polar surface area (TPSA) is 72.3 Å². The number of hydrogen-bond donors (Lipinski definition) is 1. The van der Waals surface area contributed by atoms with Crippen LogP contribution in [0.2, 0.25) is 0 Å². The van der Waals surface area contributed by atoms with Crippen molar-refractivity contribution >= 4 is 11.8 Å². The molecule has 1 aromatic heterocycles. The Morgan fingerprint density at radius 3 is 2.65 bits per heavy atom. The van der Waals surface area contributed by atoms with E-state index in [4.69, 9.17) is 4.74 Å². The Kier molecular flexibility index (Phi) is 7.83. The van der Waals surface area contributed by atoms with E-state index in [1.165, 1.54) is 32.1 Å². The molecule has 1 fully saturated rings. The molecule has 1 aliphatic carbocycles. The van der Waals surface area contributed by atoms with Gasteiger partial charge in [-0.3, -0.25) is 0 Å². The molecule has 34 heavy (non-hydrogen) atoms. The molecule has 2 aromatic carbocycles. The van der Waals surface area contributed by atoms with Crippen LogP contribution >= 0.6 is 0 Å². The molecule has 7 nitrogen and oxygen atoms in total. The molecule has 0 saturated heterocycles. The van der Waals surface area contributed by atoms with Gasteiger partial charge in [0.25, 0.3) is 0 Å². The minimum atomic E-state index is -0.381. The molecular formula is C27H35N5O2.